The van der Waals surface area contributed by atoms with Crippen LogP contribution in [0.4, 0.5) is 0 Å². The minimum absolute atomic E-state index is 0.106. The van der Waals surface area contributed by atoms with Crippen LogP contribution in [-0.2, 0) is 14.3 Å². The molecular weight excluding hydrogens is 248 g/mol. The summed E-state index contributed by atoms with van der Waals surface area (Å²) in [4.78, 5) is 21.8. The number of aldehydes is 1. The average molecular weight is 266 g/mol. The Labute approximate surface area is 103 Å². The van der Waals surface area contributed by atoms with Crippen molar-refractivity contribution in [2.45, 2.75) is 37.3 Å². The van der Waals surface area contributed by atoms with Crippen molar-refractivity contribution in [2.24, 2.45) is 0 Å². The van der Waals surface area contributed by atoms with E-state index in [4.69, 9.17) is 15.3 Å². The molecule has 18 heavy (non-hydrogen) atoms. The third-order valence-corrected chi connectivity index (χ3v) is 2.21. The fraction of sp³-hybridized carbons (Fsp3) is 0.800. The van der Waals surface area contributed by atoms with Gasteiger partial charge in [-0.1, -0.05) is 0 Å². The number of esters is 1. The van der Waals surface area contributed by atoms with Crippen molar-refractivity contribution in [1.29, 1.82) is 0 Å². The Morgan fingerprint density at radius 1 is 1.17 bits per heavy atom. The van der Waals surface area contributed by atoms with Crippen molar-refractivity contribution < 1.29 is 39.9 Å². The van der Waals surface area contributed by atoms with Gasteiger partial charge < -0.3 is 30.3 Å². The Hall–Kier alpha value is -1.06. The number of aliphatic hydroxyl groups excluding tert-OH is 5. The van der Waals surface area contributed by atoms with Gasteiger partial charge in [0.25, 0.3) is 0 Å². The Morgan fingerprint density at radius 2 is 1.78 bits per heavy atom. The van der Waals surface area contributed by atoms with E-state index in [1.807, 2.05) is 0 Å². The summed E-state index contributed by atoms with van der Waals surface area (Å²) in [6, 6.07) is 0. The van der Waals surface area contributed by atoms with Crippen LogP contribution in [0.2, 0.25) is 0 Å². The maximum atomic E-state index is 11.1. The molecule has 8 nitrogen and oxygen atoms in total. The number of carbonyl (C=O) groups excluding carboxylic acids is 2. The molecule has 8 heteroatoms. The third-order valence-electron chi connectivity index (χ3n) is 2.21. The Morgan fingerprint density at radius 3 is 2.22 bits per heavy atom. The lowest BCUT2D eigenvalue weighted by atomic mass is 10.0. The minimum Gasteiger partial charge on any atom is -0.452 e. The lowest BCUT2D eigenvalue weighted by Crippen LogP contribution is -2.48. The zero-order valence-electron chi connectivity index (χ0n) is 9.68. The third kappa shape index (κ3) is 5.52. The van der Waals surface area contributed by atoms with E-state index in [0.29, 0.717) is 0 Å². The van der Waals surface area contributed by atoms with E-state index in [9.17, 15) is 19.8 Å². The normalized spacial score (nSPS) is 17.6. The SMILES string of the molecule is O=C[C@H](OC(=O)CCCO)[C@@H](O)[C@H](O)[C@H](O)CO. The molecular formula is C10H18O8. The molecule has 0 saturated heterocycles. The highest BCUT2D eigenvalue weighted by atomic mass is 16.6. The molecule has 0 bridgehead atoms. The maximum Gasteiger partial charge on any atom is 0.306 e. The van der Waals surface area contributed by atoms with Crippen molar-refractivity contribution in [2.75, 3.05) is 13.2 Å². The molecule has 0 aromatic rings. The molecule has 106 valence electrons. The average Bonchev–Trinajstić information content (AvgIpc) is 2.39. The highest BCUT2D eigenvalue weighted by Crippen LogP contribution is 2.08. The van der Waals surface area contributed by atoms with Crippen molar-refractivity contribution >= 4 is 12.3 Å². The van der Waals surface area contributed by atoms with Gasteiger partial charge in [0.15, 0.2) is 12.4 Å². The number of hydrogen-bond acceptors (Lipinski definition) is 8. The first-order chi connectivity index (χ1) is 8.47. The van der Waals surface area contributed by atoms with E-state index in [2.05, 4.69) is 4.74 Å². The zero-order chi connectivity index (χ0) is 14.1. The summed E-state index contributed by atoms with van der Waals surface area (Å²) in [5, 5.41) is 44.9. The van der Waals surface area contributed by atoms with Crippen LogP contribution >= 0.6 is 0 Å². The molecule has 0 radical (unpaired) electrons. The Kier molecular flexibility index (Phi) is 8.42. The predicted octanol–water partition coefficient (Wildman–Crippen LogP) is -3.06. The summed E-state index contributed by atoms with van der Waals surface area (Å²) in [5.74, 6) is -0.828. The quantitative estimate of drug-likeness (QED) is 0.218. The van der Waals surface area contributed by atoms with E-state index < -0.39 is 37.0 Å². The van der Waals surface area contributed by atoms with Gasteiger partial charge in [0.05, 0.1) is 6.61 Å². The summed E-state index contributed by atoms with van der Waals surface area (Å²) < 4.78 is 4.56. The van der Waals surface area contributed by atoms with Gasteiger partial charge in [0, 0.05) is 13.0 Å². The summed E-state index contributed by atoms with van der Waals surface area (Å²) in [5.41, 5.74) is 0. The fourth-order valence-corrected chi connectivity index (χ4v) is 1.14. The van der Waals surface area contributed by atoms with E-state index in [1.165, 1.54) is 0 Å². The highest BCUT2D eigenvalue weighted by molar-refractivity contribution is 5.72. The summed E-state index contributed by atoms with van der Waals surface area (Å²) in [7, 11) is 0. The van der Waals surface area contributed by atoms with Crippen LogP contribution in [0.5, 0.6) is 0 Å². The van der Waals surface area contributed by atoms with Crippen LogP contribution in [0.15, 0.2) is 0 Å². The first kappa shape index (κ1) is 16.9. The number of hydrogen-bond donors (Lipinski definition) is 5. The van der Waals surface area contributed by atoms with Gasteiger partial charge in [-0.15, -0.1) is 0 Å². The molecule has 0 aromatic carbocycles. The van der Waals surface area contributed by atoms with E-state index in [1.54, 1.807) is 0 Å². The van der Waals surface area contributed by atoms with Crippen LogP contribution in [-0.4, -0.2) is 75.4 Å². The molecule has 5 N–H and O–H groups in total. The molecule has 0 unspecified atom stereocenters. The molecule has 0 amide bonds. The zero-order valence-corrected chi connectivity index (χ0v) is 9.68. The molecule has 0 saturated carbocycles. The van der Waals surface area contributed by atoms with Gasteiger partial charge in [-0.3, -0.25) is 9.59 Å². The number of aliphatic hydroxyl groups is 5. The largest absolute Gasteiger partial charge is 0.452 e. The van der Waals surface area contributed by atoms with E-state index in [-0.39, 0.29) is 25.7 Å². The number of rotatable bonds is 9. The molecule has 0 rings (SSSR count). The molecule has 0 spiro atoms. The van der Waals surface area contributed by atoms with Crippen molar-refractivity contribution in [1.82, 2.24) is 0 Å². The molecule has 0 aliphatic rings. The second kappa shape index (κ2) is 8.95. The lowest BCUT2D eigenvalue weighted by molar-refractivity contribution is -0.168. The topological polar surface area (TPSA) is 145 Å². The van der Waals surface area contributed by atoms with Crippen molar-refractivity contribution in [3.05, 3.63) is 0 Å². The monoisotopic (exact) mass is 266 g/mol. The summed E-state index contributed by atoms with van der Waals surface area (Å²) in [6.07, 6.45) is -6.87. The van der Waals surface area contributed by atoms with Gasteiger partial charge in [-0.25, -0.2) is 0 Å². The Bertz CT molecular complexity index is 256. The first-order valence-electron chi connectivity index (χ1n) is 5.38. The van der Waals surface area contributed by atoms with Gasteiger partial charge in [0.2, 0.25) is 0 Å². The standard InChI is InChI=1S/C10H18O8/c11-3-1-2-8(15)18-7(5-13)10(17)9(16)6(14)4-12/h5-7,9-12,14,16-17H,1-4H2/t6-,7+,9-,10-/m1/s1. The van der Waals surface area contributed by atoms with Crippen molar-refractivity contribution in [3.63, 3.8) is 0 Å². The van der Waals surface area contributed by atoms with Gasteiger partial charge in [0.1, 0.15) is 18.3 Å². The second-order valence-corrected chi connectivity index (χ2v) is 3.65. The molecule has 0 fully saturated rings. The number of carbonyl (C=O) groups is 2. The van der Waals surface area contributed by atoms with Crippen LogP contribution in [0.1, 0.15) is 12.8 Å². The van der Waals surface area contributed by atoms with Gasteiger partial charge in [-0.05, 0) is 6.42 Å². The minimum atomic E-state index is -1.84. The van der Waals surface area contributed by atoms with Crippen LogP contribution in [0, 0.1) is 0 Å². The summed E-state index contributed by atoms with van der Waals surface area (Å²) in [6.45, 7) is -1.04. The lowest BCUT2D eigenvalue weighted by Gasteiger charge is -2.25. The predicted molar refractivity (Wildman–Crippen MR) is 57.4 cm³/mol. The van der Waals surface area contributed by atoms with Crippen molar-refractivity contribution in [3.8, 4) is 0 Å². The van der Waals surface area contributed by atoms with Crippen LogP contribution < -0.4 is 0 Å². The maximum absolute atomic E-state index is 11.1. The van der Waals surface area contributed by atoms with E-state index >= 15 is 0 Å². The van der Waals surface area contributed by atoms with Gasteiger partial charge >= 0.3 is 5.97 Å². The van der Waals surface area contributed by atoms with Crippen LogP contribution in [0.3, 0.4) is 0 Å². The summed E-state index contributed by atoms with van der Waals surface area (Å²) >= 11 is 0. The number of ether oxygens (including phenoxy) is 1. The molecule has 0 aliphatic heterocycles. The Balaban J connectivity index is 4.39. The smallest absolute Gasteiger partial charge is 0.306 e. The fourth-order valence-electron chi connectivity index (χ4n) is 1.14. The van der Waals surface area contributed by atoms with Gasteiger partial charge in [-0.2, -0.15) is 0 Å². The molecule has 0 aromatic heterocycles. The van der Waals surface area contributed by atoms with E-state index in [0.717, 1.165) is 0 Å². The second-order valence-electron chi connectivity index (χ2n) is 3.65. The van der Waals surface area contributed by atoms with Crippen LogP contribution in [0.25, 0.3) is 0 Å². The molecule has 4 atom stereocenters. The molecule has 0 aliphatic carbocycles. The highest BCUT2D eigenvalue weighted by Gasteiger charge is 2.33. The first-order valence-corrected chi connectivity index (χ1v) is 5.38. The molecule has 0 heterocycles.